The Bertz CT molecular complexity index is 435. The molecule has 1 aromatic heterocycles. The van der Waals surface area contributed by atoms with E-state index in [-0.39, 0.29) is 0 Å². The lowest BCUT2D eigenvalue weighted by atomic mass is 10.4. The SMILES string of the molecule is CC.CN/C(=C\NO)N(C)CCSCc1ccc(CN(C)C)o1. The van der Waals surface area contributed by atoms with E-state index < -0.39 is 0 Å². The second-order valence-electron chi connectivity index (χ2n) is 4.99. The highest BCUT2D eigenvalue weighted by molar-refractivity contribution is 7.98. The molecule has 0 radical (unpaired) electrons. The molecule has 0 spiro atoms. The first-order valence-corrected chi connectivity index (χ1v) is 9.01. The van der Waals surface area contributed by atoms with Crippen LogP contribution in [-0.2, 0) is 12.3 Å². The maximum absolute atomic E-state index is 8.69. The van der Waals surface area contributed by atoms with Crippen molar-refractivity contribution in [1.82, 2.24) is 20.6 Å². The van der Waals surface area contributed by atoms with E-state index >= 15 is 0 Å². The van der Waals surface area contributed by atoms with Crippen molar-refractivity contribution in [2.75, 3.05) is 40.5 Å². The summed E-state index contributed by atoms with van der Waals surface area (Å²) in [6.45, 7) is 5.71. The highest BCUT2D eigenvalue weighted by Gasteiger charge is 2.05. The lowest BCUT2D eigenvalue weighted by molar-refractivity contribution is 0.209. The number of thioether (sulfide) groups is 1. The van der Waals surface area contributed by atoms with Crippen molar-refractivity contribution in [3.63, 3.8) is 0 Å². The van der Waals surface area contributed by atoms with Gasteiger partial charge in [0.1, 0.15) is 17.3 Å². The molecule has 0 aromatic carbocycles. The van der Waals surface area contributed by atoms with Gasteiger partial charge in [0.15, 0.2) is 0 Å². The molecule has 0 amide bonds. The highest BCUT2D eigenvalue weighted by atomic mass is 32.2. The van der Waals surface area contributed by atoms with Gasteiger partial charge in [-0.2, -0.15) is 11.8 Å². The Morgan fingerprint density at radius 3 is 2.48 bits per heavy atom. The van der Waals surface area contributed by atoms with E-state index in [0.29, 0.717) is 0 Å². The minimum Gasteiger partial charge on any atom is -0.464 e. The third-order valence-corrected chi connectivity index (χ3v) is 3.83. The Labute approximate surface area is 144 Å². The van der Waals surface area contributed by atoms with Gasteiger partial charge in [-0.25, -0.2) is 0 Å². The summed E-state index contributed by atoms with van der Waals surface area (Å²) in [5.41, 5.74) is 2.04. The van der Waals surface area contributed by atoms with Crippen LogP contribution in [-0.4, -0.2) is 55.5 Å². The van der Waals surface area contributed by atoms with Crippen molar-refractivity contribution in [2.24, 2.45) is 0 Å². The van der Waals surface area contributed by atoms with Gasteiger partial charge in [-0.3, -0.25) is 10.7 Å². The van der Waals surface area contributed by atoms with E-state index in [1.807, 2.05) is 76.3 Å². The smallest absolute Gasteiger partial charge is 0.119 e. The molecule has 3 N–H and O–H groups in total. The predicted octanol–water partition coefficient (Wildman–Crippen LogP) is 2.53. The van der Waals surface area contributed by atoms with Gasteiger partial charge in [0.25, 0.3) is 0 Å². The first kappa shape index (κ1) is 21.7. The standard InChI is InChI=1S/C14H26N4O2S.C2H6/c1-15-14(9-16-19)18(4)7-8-21-11-13-6-5-12(20-13)10-17(2)3;1-2/h5-6,9,15-16,19H,7-8,10-11H2,1-4H3;1-2H3/b14-9+;. The first-order chi connectivity index (χ1) is 11.1. The van der Waals surface area contributed by atoms with Crippen LogP contribution in [0.5, 0.6) is 0 Å². The monoisotopic (exact) mass is 344 g/mol. The van der Waals surface area contributed by atoms with Crippen LogP contribution in [0, 0.1) is 0 Å². The minimum atomic E-state index is 0.831. The number of nitrogens with zero attached hydrogens (tertiary/aromatic N) is 2. The van der Waals surface area contributed by atoms with Crippen LogP contribution in [0.2, 0.25) is 0 Å². The Morgan fingerprint density at radius 2 is 1.91 bits per heavy atom. The average molecular weight is 345 g/mol. The number of hydroxylamine groups is 1. The Morgan fingerprint density at radius 1 is 1.26 bits per heavy atom. The number of rotatable bonds is 10. The molecular weight excluding hydrogens is 312 g/mol. The van der Waals surface area contributed by atoms with Gasteiger partial charge in [0, 0.05) is 26.4 Å². The fraction of sp³-hybridized carbons (Fsp3) is 0.625. The Balaban J connectivity index is 0.00000232. The normalized spacial score (nSPS) is 11.0. The van der Waals surface area contributed by atoms with Crippen LogP contribution < -0.4 is 10.8 Å². The molecule has 0 aliphatic heterocycles. The van der Waals surface area contributed by atoms with E-state index in [4.69, 9.17) is 9.62 Å². The van der Waals surface area contributed by atoms with Crippen LogP contribution in [0.15, 0.2) is 28.6 Å². The van der Waals surface area contributed by atoms with Crippen molar-refractivity contribution in [2.45, 2.75) is 26.1 Å². The van der Waals surface area contributed by atoms with Gasteiger partial charge < -0.3 is 19.5 Å². The van der Waals surface area contributed by atoms with Crippen molar-refractivity contribution in [3.05, 3.63) is 35.7 Å². The summed E-state index contributed by atoms with van der Waals surface area (Å²) in [6.07, 6.45) is 1.52. The second-order valence-corrected chi connectivity index (χ2v) is 6.09. The summed E-state index contributed by atoms with van der Waals surface area (Å²) in [6, 6.07) is 4.08. The van der Waals surface area contributed by atoms with Gasteiger partial charge in [0.2, 0.25) is 0 Å². The van der Waals surface area contributed by atoms with Gasteiger partial charge in [-0.1, -0.05) is 13.8 Å². The summed E-state index contributed by atoms with van der Waals surface area (Å²) >= 11 is 1.83. The predicted molar refractivity (Wildman–Crippen MR) is 98.3 cm³/mol. The third-order valence-electron chi connectivity index (χ3n) is 2.87. The maximum Gasteiger partial charge on any atom is 0.119 e. The second kappa shape index (κ2) is 13.2. The largest absolute Gasteiger partial charge is 0.464 e. The molecule has 1 aromatic rings. The lowest BCUT2D eigenvalue weighted by Gasteiger charge is -2.21. The quantitative estimate of drug-likeness (QED) is 0.445. The van der Waals surface area contributed by atoms with Gasteiger partial charge >= 0.3 is 0 Å². The fourth-order valence-corrected chi connectivity index (χ4v) is 2.73. The van der Waals surface area contributed by atoms with Gasteiger partial charge in [0.05, 0.1) is 18.5 Å². The summed E-state index contributed by atoms with van der Waals surface area (Å²) in [7, 11) is 7.85. The van der Waals surface area contributed by atoms with E-state index in [1.165, 1.54) is 6.20 Å². The highest BCUT2D eigenvalue weighted by Crippen LogP contribution is 2.16. The minimum absolute atomic E-state index is 0.831. The number of furan rings is 1. The van der Waals surface area contributed by atoms with Crippen LogP contribution in [0.1, 0.15) is 25.4 Å². The molecule has 0 saturated heterocycles. The summed E-state index contributed by atoms with van der Waals surface area (Å²) in [5.74, 6) is 4.70. The molecule has 6 nitrogen and oxygen atoms in total. The molecule has 0 fully saturated rings. The topological polar surface area (TPSA) is 63.9 Å². The van der Waals surface area contributed by atoms with E-state index in [0.717, 1.165) is 41.9 Å². The third kappa shape index (κ3) is 9.43. The number of hydrogen-bond donors (Lipinski definition) is 3. The van der Waals surface area contributed by atoms with Crippen molar-refractivity contribution in [1.29, 1.82) is 0 Å². The van der Waals surface area contributed by atoms with Crippen molar-refractivity contribution >= 4 is 11.8 Å². The fourth-order valence-electron chi connectivity index (χ4n) is 1.83. The zero-order valence-electron chi connectivity index (χ0n) is 15.2. The molecule has 0 saturated carbocycles. The maximum atomic E-state index is 8.69. The molecule has 0 aliphatic rings. The van der Waals surface area contributed by atoms with E-state index in [2.05, 4.69) is 10.2 Å². The van der Waals surface area contributed by atoms with E-state index in [1.54, 1.807) is 0 Å². The Kier molecular flexibility index (Phi) is 12.4. The number of nitrogens with one attached hydrogen (secondary N) is 2. The molecular formula is C16H32N4O2S. The van der Waals surface area contributed by atoms with Crippen LogP contribution in [0.4, 0.5) is 0 Å². The van der Waals surface area contributed by atoms with Crippen LogP contribution in [0.3, 0.4) is 0 Å². The van der Waals surface area contributed by atoms with Crippen LogP contribution in [0.25, 0.3) is 0 Å². The van der Waals surface area contributed by atoms with Crippen molar-refractivity contribution in [3.8, 4) is 0 Å². The Hall–Kier alpha value is -1.31. The molecule has 0 aliphatic carbocycles. The molecule has 23 heavy (non-hydrogen) atoms. The molecule has 0 atom stereocenters. The molecule has 0 bridgehead atoms. The van der Waals surface area contributed by atoms with Gasteiger partial charge in [-0.15, -0.1) is 0 Å². The summed E-state index contributed by atoms with van der Waals surface area (Å²) in [4.78, 5) is 4.13. The zero-order chi connectivity index (χ0) is 17.7. The molecule has 1 rings (SSSR count). The lowest BCUT2D eigenvalue weighted by Crippen LogP contribution is -2.29. The molecule has 1 heterocycles. The average Bonchev–Trinajstić information content (AvgIpc) is 2.97. The summed E-state index contributed by atoms with van der Waals surface area (Å²) in [5, 5.41) is 11.7. The number of hydrogen-bond acceptors (Lipinski definition) is 7. The van der Waals surface area contributed by atoms with Crippen molar-refractivity contribution < 1.29 is 9.62 Å². The van der Waals surface area contributed by atoms with E-state index in [9.17, 15) is 0 Å². The molecule has 134 valence electrons. The molecule has 0 unspecified atom stereocenters. The zero-order valence-corrected chi connectivity index (χ0v) is 16.0. The summed E-state index contributed by atoms with van der Waals surface area (Å²) < 4.78 is 5.77. The van der Waals surface area contributed by atoms with Crippen LogP contribution >= 0.6 is 11.8 Å². The molecule has 7 heteroatoms. The first-order valence-electron chi connectivity index (χ1n) is 7.85. The van der Waals surface area contributed by atoms with Gasteiger partial charge in [-0.05, 0) is 26.2 Å².